The molecule has 1 unspecified atom stereocenters. The monoisotopic (exact) mass is 515 g/mol. The predicted octanol–water partition coefficient (Wildman–Crippen LogP) is 1.41. The molecule has 0 radical (unpaired) electrons. The molecule has 1 amide bonds. The Hall–Kier alpha value is -4.32. The van der Waals surface area contributed by atoms with Gasteiger partial charge in [-0.25, -0.2) is 19.9 Å². The van der Waals surface area contributed by atoms with Gasteiger partial charge in [0.15, 0.2) is 5.82 Å². The zero-order valence-electron chi connectivity index (χ0n) is 22.0. The number of aromatic amines is 1. The van der Waals surface area contributed by atoms with Gasteiger partial charge in [0.2, 0.25) is 0 Å². The third-order valence-electron chi connectivity index (χ3n) is 6.78. The first-order valence-corrected chi connectivity index (χ1v) is 12.7. The summed E-state index contributed by atoms with van der Waals surface area (Å²) < 4.78 is 0. The Balaban J connectivity index is 1.58. The number of pyridine rings is 1. The van der Waals surface area contributed by atoms with Crippen molar-refractivity contribution < 1.29 is 4.79 Å². The molecule has 1 fully saturated rings. The van der Waals surface area contributed by atoms with E-state index < -0.39 is 0 Å². The summed E-state index contributed by atoms with van der Waals surface area (Å²) in [5, 5.41) is 18.1. The minimum absolute atomic E-state index is 0.0756. The van der Waals surface area contributed by atoms with Crippen LogP contribution in [-0.2, 0) is 4.79 Å². The van der Waals surface area contributed by atoms with Crippen LogP contribution in [0.25, 0.3) is 16.6 Å². The van der Waals surface area contributed by atoms with Crippen molar-refractivity contribution >= 4 is 34.0 Å². The second kappa shape index (κ2) is 10.6. The maximum absolute atomic E-state index is 13.5. The molecule has 38 heavy (non-hydrogen) atoms. The number of carbonyl (C=O) groups excluding carboxylic acids is 1. The van der Waals surface area contributed by atoms with E-state index in [0.717, 1.165) is 37.5 Å². The molecule has 5 N–H and O–H groups in total. The lowest BCUT2D eigenvalue weighted by Gasteiger charge is -2.33. The van der Waals surface area contributed by atoms with E-state index >= 15 is 0 Å². The van der Waals surface area contributed by atoms with Crippen LogP contribution in [0.2, 0.25) is 0 Å². The van der Waals surface area contributed by atoms with Crippen LogP contribution in [0.4, 0.5) is 5.82 Å². The number of amides is 1. The largest absolute Gasteiger partial charge is 0.392 e. The van der Waals surface area contributed by atoms with E-state index in [2.05, 4.69) is 52.7 Å². The number of carbonyl (C=O) groups is 1. The van der Waals surface area contributed by atoms with Gasteiger partial charge in [-0.3, -0.25) is 10.2 Å². The second-order valence-corrected chi connectivity index (χ2v) is 9.83. The SMILES string of the molecule is CN/C=C1/NC(=O)C(c2nc3cnc(N4CCN(C)CC4)cc3[nH]2)=C(NC(c2ncccn2)C(C)C)C1=N. The summed E-state index contributed by atoms with van der Waals surface area (Å²) >= 11 is 0. The number of rotatable bonds is 7. The predicted molar refractivity (Wildman–Crippen MR) is 146 cm³/mol. The average molecular weight is 516 g/mol. The molecule has 0 bridgehead atoms. The van der Waals surface area contributed by atoms with Crippen LogP contribution in [0.1, 0.15) is 31.5 Å². The summed E-state index contributed by atoms with van der Waals surface area (Å²) in [7, 11) is 3.84. The van der Waals surface area contributed by atoms with Crippen LogP contribution in [0.15, 0.2) is 48.3 Å². The number of fused-ring (bicyclic) bond motifs is 1. The van der Waals surface area contributed by atoms with Crippen molar-refractivity contribution in [1.82, 2.24) is 45.8 Å². The highest BCUT2D eigenvalue weighted by molar-refractivity contribution is 6.33. The lowest BCUT2D eigenvalue weighted by atomic mass is 9.97. The van der Waals surface area contributed by atoms with Crippen molar-refractivity contribution in [2.75, 3.05) is 45.2 Å². The first kappa shape index (κ1) is 25.3. The number of H-pyrrole nitrogens is 1. The van der Waals surface area contributed by atoms with E-state index in [1.807, 2.05) is 19.9 Å². The number of aromatic nitrogens is 5. The normalized spacial score (nSPS) is 18.9. The Morgan fingerprint density at radius 2 is 1.87 bits per heavy atom. The molecule has 1 atom stereocenters. The van der Waals surface area contributed by atoms with E-state index in [1.165, 1.54) is 0 Å². The van der Waals surface area contributed by atoms with Gasteiger partial charge in [0, 0.05) is 57.9 Å². The molecule has 5 heterocycles. The summed E-state index contributed by atoms with van der Waals surface area (Å²) in [6.45, 7) is 7.82. The molecule has 3 aromatic rings. The van der Waals surface area contributed by atoms with Crippen LogP contribution >= 0.6 is 0 Å². The molecule has 0 aliphatic carbocycles. The van der Waals surface area contributed by atoms with Crippen molar-refractivity contribution in [2.24, 2.45) is 5.92 Å². The molecule has 12 nitrogen and oxygen atoms in total. The molecular formula is C26H33N11O. The molecule has 0 saturated carbocycles. The Kier molecular flexibility index (Phi) is 7.05. The number of imidazole rings is 1. The molecule has 5 rings (SSSR count). The molecule has 198 valence electrons. The first-order chi connectivity index (χ1) is 18.4. The van der Waals surface area contributed by atoms with Gasteiger partial charge in [0.1, 0.15) is 28.4 Å². The van der Waals surface area contributed by atoms with Crippen LogP contribution in [0.5, 0.6) is 0 Å². The van der Waals surface area contributed by atoms with E-state index in [1.54, 1.807) is 37.9 Å². The minimum atomic E-state index is -0.368. The molecule has 1 saturated heterocycles. The summed E-state index contributed by atoms with van der Waals surface area (Å²) in [5.41, 5.74) is 2.52. The Bertz CT molecular complexity index is 1400. The highest BCUT2D eigenvalue weighted by Crippen LogP contribution is 2.29. The van der Waals surface area contributed by atoms with Gasteiger partial charge in [0.05, 0.1) is 29.1 Å². The molecule has 2 aliphatic rings. The number of hydrogen-bond acceptors (Lipinski definition) is 10. The van der Waals surface area contributed by atoms with E-state index in [4.69, 9.17) is 10.4 Å². The molecule has 0 spiro atoms. The van der Waals surface area contributed by atoms with Gasteiger partial charge in [-0.2, -0.15) is 0 Å². The Morgan fingerprint density at radius 1 is 1.13 bits per heavy atom. The molecular weight excluding hydrogens is 482 g/mol. The van der Waals surface area contributed by atoms with Gasteiger partial charge < -0.3 is 30.7 Å². The number of piperazine rings is 1. The molecule has 0 aromatic carbocycles. The second-order valence-electron chi connectivity index (χ2n) is 9.83. The van der Waals surface area contributed by atoms with Crippen LogP contribution in [0.3, 0.4) is 0 Å². The van der Waals surface area contributed by atoms with Gasteiger partial charge >= 0.3 is 0 Å². The minimum Gasteiger partial charge on any atom is -0.392 e. The fourth-order valence-corrected chi connectivity index (χ4v) is 4.63. The standard InChI is InChI=1S/C26H33N11O/c1-15(2)22(25-29-6-5-7-30-25)35-23-20(26(38)34-18(13-28-3)21(23)27)24-32-16-12-19(31-14-17(16)33-24)37-10-8-36(4)9-11-37/h5-7,12-15,22,27-28,35H,8-11H2,1-4H3,(H,32,33)(H,34,38)/b18-13+,27-21?. The topological polar surface area (TPSA) is 151 Å². The Labute approximate surface area is 221 Å². The third-order valence-corrected chi connectivity index (χ3v) is 6.78. The third kappa shape index (κ3) is 4.94. The fraction of sp³-hybridized carbons (Fsp3) is 0.385. The lowest BCUT2D eigenvalue weighted by Crippen LogP contribution is -2.44. The maximum Gasteiger partial charge on any atom is 0.261 e. The highest BCUT2D eigenvalue weighted by Gasteiger charge is 2.33. The van der Waals surface area contributed by atoms with Crippen molar-refractivity contribution in [3.63, 3.8) is 0 Å². The fourth-order valence-electron chi connectivity index (χ4n) is 4.63. The number of likely N-dealkylation sites (N-methyl/N-ethyl adjacent to an activating group) is 1. The van der Waals surface area contributed by atoms with Crippen molar-refractivity contribution in [1.29, 1.82) is 5.41 Å². The number of nitrogens with one attached hydrogen (secondary N) is 5. The molecule has 2 aliphatic heterocycles. The molecule has 3 aromatic heterocycles. The van der Waals surface area contributed by atoms with Crippen molar-refractivity contribution in [3.05, 3.63) is 60.0 Å². The number of nitrogens with zero attached hydrogens (tertiary/aromatic N) is 6. The van der Waals surface area contributed by atoms with E-state index in [9.17, 15) is 4.79 Å². The number of anilines is 1. The zero-order valence-corrected chi connectivity index (χ0v) is 22.0. The summed E-state index contributed by atoms with van der Waals surface area (Å²) in [4.78, 5) is 39.5. The van der Waals surface area contributed by atoms with Gasteiger partial charge in [-0.05, 0) is 19.0 Å². The van der Waals surface area contributed by atoms with Crippen LogP contribution in [-0.4, -0.2) is 81.7 Å². The average Bonchev–Trinajstić information content (AvgIpc) is 3.33. The van der Waals surface area contributed by atoms with Crippen molar-refractivity contribution in [2.45, 2.75) is 19.9 Å². The van der Waals surface area contributed by atoms with E-state index in [-0.39, 0.29) is 29.2 Å². The van der Waals surface area contributed by atoms with E-state index in [0.29, 0.717) is 28.6 Å². The number of hydrogen-bond donors (Lipinski definition) is 5. The van der Waals surface area contributed by atoms with Crippen LogP contribution < -0.4 is 20.9 Å². The zero-order chi connectivity index (χ0) is 26.8. The summed E-state index contributed by atoms with van der Waals surface area (Å²) in [6, 6.07) is 3.39. The van der Waals surface area contributed by atoms with Gasteiger partial charge in [0.25, 0.3) is 5.91 Å². The molecule has 12 heteroatoms. The van der Waals surface area contributed by atoms with Crippen molar-refractivity contribution in [3.8, 4) is 0 Å². The van der Waals surface area contributed by atoms with Gasteiger partial charge in [-0.15, -0.1) is 0 Å². The van der Waals surface area contributed by atoms with Gasteiger partial charge in [-0.1, -0.05) is 13.8 Å². The smallest absolute Gasteiger partial charge is 0.261 e. The van der Waals surface area contributed by atoms with Crippen LogP contribution in [0, 0.1) is 11.3 Å². The summed E-state index contributed by atoms with van der Waals surface area (Å²) in [5.74, 6) is 1.52. The maximum atomic E-state index is 13.5. The summed E-state index contributed by atoms with van der Waals surface area (Å²) in [6.07, 6.45) is 6.69. The Morgan fingerprint density at radius 3 is 2.55 bits per heavy atom. The lowest BCUT2D eigenvalue weighted by molar-refractivity contribution is -0.115. The highest BCUT2D eigenvalue weighted by atomic mass is 16.1. The quantitative estimate of drug-likeness (QED) is 0.315. The first-order valence-electron chi connectivity index (χ1n) is 12.7.